The average molecular weight is 363 g/mol. The average Bonchev–Trinajstić information content (AvgIpc) is 2.66. The summed E-state index contributed by atoms with van der Waals surface area (Å²) >= 11 is 0. The minimum absolute atomic E-state index is 0.0410. The quantitative estimate of drug-likeness (QED) is 0.411. The topological polar surface area (TPSA) is 93.8 Å². The lowest BCUT2D eigenvalue weighted by atomic mass is 10.1. The van der Waals surface area contributed by atoms with Crippen molar-refractivity contribution in [1.29, 1.82) is 0 Å². The third kappa shape index (κ3) is 4.66. The standard InChI is InChI=1S/C20H17N3O4/c1-14-6-9-19(18(10-14)23(25)26)27-13-20(24)22-21-12-15-7-8-16-4-2-3-5-17(16)11-15/h2-12H,13H2,1H3,(H,22,24)/b21-12-. The molecule has 0 aromatic heterocycles. The Morgan fingerprint density at radius 2 is 1.93 bits per heavy atom. The summed E-state index contributed by atoms with van der Waals surface area (Å²) in [5.74, 6) is -0.471. The van der Waals surface area contributed by atoms with Gasteiger partial charge in [0.1, 0.15) is 0 Å². The molecule has 7 nitrogen and oxygen atoms in total. The summed E-state index contributed by atoms with van der Waals surface area (Å²) in [5, 5.41) is 17.1. The first-order valence-corrected chi connectivity index (χ1v) is 8.21. The Balaban J connectivity index is 1.58. The van der Waals surface area contributed by atoms with Gasteiger partial charge in [-0.3, -0.25) is 14.9 Å². The van der Waals surface area contributed by atoms with Crippen LogP contribution in [0.5, 0.6) is 5.75 Å². The Hall–Kier alpha value is -3.74. The molecule has 1 N–H and O–H groups in total. The van der Waals surface area contributed by atoms with E-state index in [-0.39, 0.29) is 18.0 Å². The minimum atomic E-state index is -0.544. The summed E-state index contributed by atoms with van der Waals surface area (Å²) in [4.78, 5) is 22.3. The predicted octanol–water partition coefficient (Wildman–Crippen LogP) is 3.59. The van der Waals surface area contributed by atoms with E-state index in [4.69, 9.17) is 4.74 Å². The van der Waals surface area contributed by atoms with Crippen LogP contribution in [-0.4, -0.2) is 23.7 Å². The van der Waals surface area contributed by atoms with Gasteiger partial charge in [0, 0.05) is 6.07 Å². The fourth-order valence-electron chi connectivity index (χ4n) is 2.53. The number of fused-ring (bicyclic) bond motifs is 1. The number of nitrogens with one attached hydrogen (secondary N) is 1. The molecule has 3 aromatic rings. The largest absolute Gasteiger partial charge is 0.477 e. The molecule has 1 amide bonds. The number of carbonyl (C=O) groups is 1. The maximum atomic E-state index is 11.8. The summed E-state index contributed by atoms with van der Waals surface area (Å²) in [6, 6.07) is 18.3. The van der Waals surface area contributed by atoms with Crippen LogP contribution in [0.1, 0.15) is 11.1 Å². The van der Waals surface area contributed by atoms with Crippen molar-refractivity contribution in [3.63, 3.8) is 0 Å². The Morgan fingerprint density at radius 1 is 1.15 bits per heavy atom. The van der Waals surface area contributed by atoms with E-state index in [9.17, 15) is 14.9 Å². The molecule has 0 aliphatic carbocycles. The van der Waals surface area contributed by atoms with Gasteiger partial charge in [0.15, 0.2) is 12.4 Å². The van der Waals surface area contributed by atoms with Crippen LogP contribution in [0.3, 0.4) is 0 Å². The van der Waals surface area contributed by atoms with E-state index in [0.717, 1.165) is 21.9 Å². The molecule has 7 heteroatoms. The molecule has 0 bridgehead atoms. The highest BCUT2D eigenvalue weighted by Crippen LogP contribution is 2.27. The lowest BCUT2D eigenvalue weighted by Gasteiger charge is -2.06. The van der Waals surface area contributed by atoms with Crippen LogP contribution in [0.25, 0.3) is 10.8 Å². The number of hydrazone groups is 1. The van der Waals surface area contributed by atoms with E-state index in [1.54, 1.807) is 13.0 Å². The minimum Gasteiger partial charge on any atom is -0.477 e. The van der Waals surface area contributed by atoms with Gasteiger partial charge in [0.25, 0.3) is 5.91 Å². The number of carbonyl (C=O) groups excluding carboxylic acids is 1. The summed E-state index contributed by atoms with van der Waals surface area (Å²) in [6.45, 7) is 1.37. The second-order valence-electron chi connectivity index (χ2n) is 5.92. The molecule has 0 saturated carbocycles. The van der Waals surface area contributed by atoms with Crippen molar-refractivity contribution in [2.24, 2.45) is 5.10 Å². The van der Waals surface area contributed by atoms with Gasteiger partial charge in [-0.25, -0.2) is 5.43 Å². The van der Waals surface area contributed by atoms with Gasteiger partial charge in [-0.2, -0.15) is 5.10 Å². The van der Waals surface area contributed by atoms with Gasteiger partial charge in [-0.1, -0.05) is 42.5 Å². The molecule has 3 rings (SSSR count). The van der Waals surface area contributed by atoms with Crippen LogP contribution < -0.4 is 10.2 Å². The second-order valence-corrected chi connectivity index (χ2v) is 5.92. The molecule has 0 aliphatic heterocycles. The van der Waals surface area contributed by atoms with Crippen molar-refractivity contribution in [3.8, 4) is 5.75 Å². The molecular weight excluding hydrogens is 346 g/mol. The van der Waals surface area contributed by atoms with Gasteiger partial charge in [-0.15, -0.1) is 0 Å². The Bertz CT molecular complexity index is 1030. The number of nitrogens with zero attached hydrogens (tertiary/aromatic N) is 2. The summed E-state index contributed by atoms with van der Waals surface area (Å²) in [7, 11) is 0. The SMILES string of the molecule is Cc1ccc(OCC(=O)N/N=C\c2ccc3ccccc3c2)c([N+](=O)[O-])c1. The van der Waals surface area contributed by atoms with Crippen molar-refractivity contribution in [2.45, 2.75) is 6.92 Å². The summed E-state index contributed by atoms with van der Waals surface area (Å²) in [6.07, 6.45) is 1.53. The Kier molecular flexibility index (Phi) is 5.41. The number of benzene rings is 3. The Morgan fingerprint density at radius 3 is 2.70 bits per heavy atom. The van der Waals surface area contributed by atoms with Crippen LogP contribution in [-0.2, 0) is 4.79 Å². The summed E-state index contributed by atoms with van der Waals surface area (Å²) < 4.78 is 5.25. The summed E-state index contributed by atoms with van der Waals surface area (Å²) in [5.41, 5.74) is 3.74. The van der Waals surface area contributed by atoms with Crippen molar-refractivity contribution < 1.29 is 14.5 Å². The number of amides is 1. The van der Waals surface area contributed by atoms with Gasteiger partial charge in [-0.05, 0) is 41.0 Å². The van der Waals surface area contributed by atoms with Crippen LogP contribution in [0.4, 0.5) is 5.69 Å². The van der Waals surface area contributed by atoms with Crippen molar-refractivity contribution >= 4 is 28.6 Å². The third-order valence-electron chi connectivity index (χ3n) is 3.85. The zero-order valence-electron chi connectivity index (χ0n) is 14.6. The monoisotopic (exact) mass is 363 g/mol. The van der Waals surface area contributed by atoms with Crippen LogP contribution in [0.15, 0.2) is 65.8 Å². The number of nitro benzene ring substituents is 1. The number of aryl methyl sites for hydroxylation is 1. The fraction of sp³-hybridized carbons (Fsp3) is 0.100. The zero-order valence-corrected chi connectivity index (χ0v) is 14.6. The highest BCUT2D eigenvalue weighted by molar-refractivity contribution is 5.90. The van der Waals surface area contributed by atoms with Gasteiger partial charge < -0.3 is 4.74 Å². The lowest BCUT2D eigenvalue weighted by molar-refractivity contribution is -0.385. The third-order valence-corrected chi connectivity index (χ3v) is 3.85. The lowest BCUT2D eigenvalue weighted by Crippen LogP contribution is -2.24. The van der Waals surface area contributed by atoms with E-state index in [0.29, 0.717) is 0 Å². The molecule has 0 atom stereocenters. The molecule has 0 heterocycles. The molecule has 0 fully saturated rings. The van der Waals surface area contributed by atoms with E-state index >= 15 is 0 Å². The van der Waals surface area contributed by atoms with Crippen molar-refractivity contribution in [3.05, 3.63) is 81.9 Å². The van der Waals surface area contributed by atoms with Gasteiger partial charge in [0.05, 0.1) is 11.1 Å². The van der Waals surface area contributed by atoms with Crippen molar-refractivity contribution in [2.75, 3.05) is 6.61 Å². The number of ether oxygens (including phenoxy) is 1. The maximum Gasteiger partial charge on any atom is 0.311 e. The molecule has 3 aromatic carbocycles. The first kappa shape index (κ1) is 18.1. The molecule has 0 spiro atoms. The molecule has 27 heavy (non-hydrogen) atoms. The number of rotatable bonds is 6. The molecule has 0 aliphatic rings. The van der Waals surface area contributed by atoms with Crippen molar-refractivity contribution in [1.82, 2.24) is 5.43 Å². The number of hydrogen-bond acceptors (Lipinski definition) is 5. The zero-order chi connectivity index (χ0) is 19.2. The van der Waals surface area contributed by atoms with Crippen LogP contribution in [0, 0.1) is 17.0 Å². The van der Waals surface area contributed by atoms with E-state index in [1.165, 1.54) is 18.3 Å². The highest BCUT2D eigenvalue weighted by Gasteiger charge is 2.16. The van der Waals surface area contributed by atoms with Gasteiger partial charge >= 0.3 is 5.69 Å². The number of hydrogen-bond donors (Lipinski definition) is 1. The molecule has 136 valence electrons. The smallest absolute Gasteiger partial charge is 0.311 e. The van der Waals surface area contributed by atoms with Gasteiger partial charge in [0.2, 0.25) is 0 Å². The molecular formula is C20H17N3O4. The maximum absolute atomic E-state index is 11.8. The van der Waals surface area contributed by atoms with Crippen LogP contribution in [0.2, 0.25) is 0 Å². The second kappa shape index (κ2) is 8.09. The molecule has 0 saturated heterocycles. The molecule has 0 unspecified atom stereocenters. The Labute approximate surface area is 155 Å². The van der Waals surface area contributed by atoms with E-state index in [2.05, 4.69) is 10.5 Å². The predicted molar refractivity (Wildman–Crippen MR) is 103 cm³/mol. The molecule has 0 radical (unpaired) electrons. The normalized spacial score (nSPS) is 10.9. The first-order valence-electron chi connectivity index (χ1n) is 8.21. The van der Waals surface area contributed by atoms with E-state index < -0.39 is 10.8 Å². The van der Waals surface area contributed by atoms with E-state index in [1.807, 2.05) is 42.5 Å². The first-order chi connectivity index (χ1) is 13.0. The highest BCUT2D eigenvalue weighted by atomic mass is 16.6. The van der Waals surface area contributed by atoms with Crippen LogP contribution >= 0.6 is 0 Å². The number of nitro groups is 1. The fourth-order valence-corrected chi connectivity index (χ4v) is 2.53.